The van der Waals surface area contributed by atoms with E-state index < -0.39 is 0 Å². The summed E-state index contributed by atoms with van der Waals surface area (Å²) in [6.07, 6.45) is 15.4. The number of hydrogen-bond acceptors (Lipinski definition) is 3. The Labute approximate surface area is 155 Å². The van der Waals surface area contributed by atoms with Crippen LogP contribution in [-0.2, 0) is 20.6 Å². The van der Waals surface area contributed by atoms with Gasteiger partial charge in [0.15, 0.2) is 11.2 Å². The highest BCUT2D eigenvalue weighted by molar-refractivity contribution is 5.69. The van der Waals surface area contributed by atoms with E-state index in [1.165, 1.54) is 47.7 Å². The molecule has 0 saturated carbocycles. The number of aryl methyl sites for hydroxylation is 2. The highest BCUT2D eigenvalue weighted by Crippen LogP contribution is 2.11. The van der Waals surface area contributed by atoms with Crippen LogP contribution in [0.5, 0.6) is 0 Å². The Morgan fingerprint density at radius 1 is 0.962 bits per heavy atom. The van der Waals surface area contributed by atoms with Crippen molar-refractivity contribution in [1.29, 1.82) is 0 Å². The molecule has 6 nitrogen and oxygen atoms in total. The van der Waals surface area contributed by atoms with Crippen molar-refractivity contribution in [3.63, 3.8) is 0 Å². The molecule has 2 rings (SSSR count). The van der Waals surface area contributed by atoms with Crippen LogP contribution >= 0.6 is 0 Å². The Bertz CT molecular complexity index is 829. The molecule has 0 radical (unpaired) electrons. The molecule has 0 fully saturated rings. The van der Waals surface area contributed by atoms with E-state index in [0.717, 1.165) is 25.7 Å². The maximum Gasteiger partial charge on any atom is 0.332 e. The lowest BCUT2D eigenvalue weighted by Gasteiger charge is -2.08. The third-order valence-corrected chi connectivity index (χ3v) is 4.99. The number of unbranched alkanes of at least 4 members (excludes halogenated alkanes) is 9. The Morgan fingerprint density at radius 2 is 1.54 bits per heavy atom. The number of imidazole rings is 1. The second-order valence-electron chi connectivity index (χ2n) is 7.09. The number of allylic oxidation sites excluding steroid dienone is 1. The molecule has 0 aliphatic carbocycles. The molecule has 144 valence electrons. The summed E-state index contributed by atoms with van der Waals surface area (Å²) in [4.78, 5) is 29.1. The quantitative estimate of drug-likeness (QED) is 0.430. The van der Waals surface area contributed by atoms with Crippen molar-refractivity contribution in [3.8, 4) is 0 Å². The van der Waals surface area contributed by atoms with Crippen molar-refractivity contribution < 1.29 is 0 Å². The second kappa shape index (κ2) is 10.1. The van der Waals surface area contributed by atoms with Crippen molar-refractivity contribution in [1.82, 2.24) is 18.7 Å². The molecule has 0 N–H and O–H groups in total. The van der Waals surface area contributed by atoms with Crippen LogP contribution < -0.4 is 11.2 Å². The zero-order valence-electron chi connectivity index (χ0n) is 16.2. The van der Waals surface area contributed by atoms with E-state index in [4.69, 9.17) is 0 Å². The third kappa shape index (κ3) is 4.96. The predicted molar refractivity (Wildman–Crippen MR) is 107 cm³/mol. The molecule has 0 spiro atoms. The number of rotatable bonds is 12. The van der Waals surface area contributed by atoms with Crippen LogP contribution in [0.1, 0.15) is 64.2 Å². The van der Waals surface area contributed by atoms with E-state index in [1.807, 2.05) is 6.08 Å². The normalized spacial score (nSPS) is 11.3. The van der Waals surface area contributed by atoms with Gasteiger partial charge in [-0.3, -0.25) is 13.9 Å². The van der Waals surface area contributed by atoms with Gasteiger partial charge in [0, 0.05) is 20.6 Å². The smallest absolute Gasteiger partial charge is 0.328 e. The zero-order chi connectivity index (χ0) is 18.9. The van der Waals surface area contributed by atoms with Crippen LogP contribution in [0.15, 0.2) is 28.6 Å². The fourth-order valence-electron chi connectivity index (χ4n) is 3.39. The van der Waals surface area contributed by atoms with Crippen LogP contribution in [0.25, 0.3) is 11.2 Å². The minimum Gasteiger partial charge on any atom is -0.328 e. The molecule has 2 aromatic rings. The van der Waals surface area contributed by atoms with Gasteiger partial charge in [0.2, 0.25) is 0 Å². The molecular weight excluding hydrogens is 328 g/mol. The zero-order valence-corrected chi connectivity index (χ0v) is 16.2. The van der Waals surface area contributed by atoms with E-state index in [9.17, 15) is 9.59 Å². The Balaban J connectivity index is 1.75. The molecule has 0 aliphatic heterocycles. The molecule has 2 aromatic heterocycles. The molecule has 0 aromatic carbocycles. The van der Waals surface area contributed by atoms with E-state index in [2.05, 4.69) is 11.6 Å². The maximum atomic E-state index is 12.6. The van der Waals surface area contributed by atoms with Crippen molar-refractivity contribution in [2.75, 3.05) is 0 Å². The lowest BCUT2D eigenvalue weighted by atomic mass is 10.1. The van der Waals surface area contributed by atoms with Gasteiger partial charge in [0.1, 0.15) is 0 Å². The summed E-state index contributed by atoms with van der Waals surface area (Å²) >= 11 is 0. The van der Waals surface area contributed by atoms with Crippen molar-refractivity contribution in [2.24, 2.45) is 14.1 Å². The molecule has 0 atom stereocenters. The number of hydrogen-bond donors (Lipinski definition) is 0. The van der Waals surface area contributed by atoms with Gasteiger partial charge in [-0.15, -0.1) is 6.58 Å². The molecule has 0 saturated heterocycles. The van der Waals surface area contributed by atoms with Crippen LogP contribution in [0.4, 0.5) is 0 Å². The first-order valence-corrected chi connectivity index (χ1v) is 9.79. The Kier molecular flexibility index (Phi) is 7.88. The Morgan fingerprint density at radius 3 is 2.15 bits per heavy atom. The van der Waals surface area contributed by atoms with E-state index in [-0.39, 0.29) is 11.2 Å². The minimum absolute atomic E-state index is 0.234. The molecule has 2 heterocycles. The number of fused-ring (bicyclic) bond motifs is 1. The fourth-order valence-corrected chi connectivity index (χ4v) is 3.39. The number of nitrogens with zero attached hydrogens (tertiary/aromatic N) is 4. The summed E-state index contributed by atoms with van der Waals surface area (Å²) in [5, 5.41) is 0. The molecule has 26 heavy (non-hydrogen) atoms. The monoisotopic (exact) mass is 360 g/mol. The van der Waals surface area contributed by atoms with Gasteiger partial charge >= 0.3 is 5.69 Å². The van der Waals surface area contributed by atoms with Crippen molar-refractivity contribution >= 4 is 11.2 Å². The van der Waals surface area contributed by atoms with Crippen LogP contribution in [0.3, 0.4) is 0 Å². The summed E-state index contributed by atoms with van der Waals surface area (Å²) < 4.78 is 4.50. The van der Waals surface area contributed by atoms with Gasteiger partial charge in [-0.05, 0) is 19.3 Å². The van der Waals surface area contributed by atoms with Gasteiger partial charge in [0.25, 0.3) is 5.56 Å². The Hall–Kier alpha value is -2.11. The third-order valence-electron chi connectivity index (χ3n) is 4.99. The van der Waals surface area contributed by atoms with E-state index in [1.54, 1.807) is 25.0 Å². The van der Waals surface area contributed by atoms with Gasteiger partial charge in [-0.1, -0.05) is 51.0 Å². The first-order valence-electron chi connectivity index (χ1n) is 9.79. The lowest BCUT2D eigenvalue weighted by molar-refractivity contribution is 0.516. The summed E-state index contributed by atoms with van der Waals surface area (Å²) in [5.74, 6) is 0. The highest BCUT2D eigenvalue weighted by atomic mass is 16.2. The van der Waals surface area contributed by atoms with Gasteiger partial charge in [-0.2, -0.15) is 0 Å². The largest absolute Gasteiger partial charge is 0.332 e. The van der Waals surface area contributed by atoms with E-state index >= 15 is 0 Å². The highest BCUT2D eigenvalue weighted by Gasteiger charge is 2.14. The first kappa shape index (κ1) is 20.2. The topological polar surface area (TPSA) is 61.8 Å². The molecule has 6 heteroatoms. The molecule has 0 unspecified atom stereocenters. The average molecular weight is 361 g/mol. The average Bonchev–Trinajstić information content (AvgIpc) is 3.02. The van der Waals surface area contributed by atoms with Crippen LogP contribution in [-0.4, -0.2) is 18.7 Å². The molecular formula is C20H32N4O2. The van der Waals surface area contributed by atoms with E-state index in [0.29, 0.717) is 17.7 Å². The van der Waals surface area contributed by atoms with Crippen molar-refractivity contribution in [3.05, 3.63) is 39.8 Å². The fraction of sp³-hybridized carbons (Fsp3) is 0.650. The summed E-state index contributed by atoms with van der Waals surface area (Å²) in [6, 6.07) is 0. The standard InChI is InChI=1S/C20H32N4O2/c1-4-5-6-7-8-9-10-11-12-13-14-15-24-19(25)17-18(21-16-22(17)2)23(3)20(24)26/h4,16H,1,5-15H2,2-3H3. The summed E-state index contributed by atoms with van der Waals surface area (Å²) in [6.45, 7) is 4.22. The van der Waals surface area contributed by atoms with Gasteiger partial charge in [0.05, 0.1) is 6.33 Å². The summed E-state index contributed by atoms with van der Waals surface area (Å²) in [7, 11) is 3.45. The molecule has 0 aliphatic rings. The minimum atomic E-state index is -0.277. The van der Waals surface area contributed by atoms with Crippen LogP contribution in [0, 0.1) is 0 Å². The van der Waals surface area contributed by atoms with Gasteiger partial charge in [-0.25, -0.2) is 9.78 Å². The van der Waals surface area contributed by atoms with Crippen LogP contribution in [0.2, 0.25) is 0 Å². The maximum absolute atomic E-state index is 12.6. The second-order valence-corrected chi connectivity index (χ2v) is 7.09. The van der Waals surface area contributed by atoms with Crippen molar-refractivity contribution in [2.45, 2.75) is 70.8 Å². The molecule has 0 amide bonds. The predicted octanol–water partition coefficient (Wildman–Crippen LogP) is 3.52. The summed E-state index contributed by atoms with van der Waals surface area (Å²) in [5.41, 5.74) is 0.429. The first-order chi connectivity index (χ1) is 12.6. The number of aromatic nitrogens is 4. The molecule has 0 bridgehead atoms. The SMILES string of the molecule is C=CCCCCCCCCCCCn1c(=O)c2c(ncn2C)n(C)c1=O. The lowest BCUT2D eigenvalue weighted by Crippen LogP contribution is -2.39. The van der Waals surface area contributed by atoms with Gasteiger partial charge < -0.3 is 4.57 Å².